The second-order valence-electron chi connectivity index (χ2n) is 4.63. The van der Waals surface area contributed by atoms with Gasteiger partial charge in [-0.05, 0) is 12.8 Å². The highest BCUT2D eigenvalue weighted by atomic mass is 35.5. The summed E-state index contributed by atoms with van der Waals surface area (Å²) in [6.07, 6.45) is 7.34. The maximum atomic E-state index is 6.26. The van der Waals surface area contributed by atoms with Crippen LogP contribution in [0, 0.1) is 0 Å². The molecule has 0 amide bonds. The lowest BCUT2D eigenvalue weighted by Gasteiger charge is -2.19. The molecule has 6 heteroatoms. The largest absolute Gasteiger partial charge is 0.481 e. The minimum atomic E-state index is 0.516. The molecule has 20 heavy (non-hydrogen) atoms. The normalized spacial score (nSPS) is 14.6. The van der Waals surface area contributed by atoms with Crippen LogP contribution in [-0.2, 0) is 0 Å². The van der Waals surface area contributed by atoms with Gasteiger partial charge in [0.15, 0.2) is 5.82 Å². The minimum absolute atomic E-state index is 0.516. The number of nitrogens with zero attached hydrogens (tertiary/aromatic N) is 4. The van der Waals surface area contributed by atoms with Gasteiger partial charge in [-0.1, -0.05) is 11.6 Å². The fraction of sp³-hybridized carbons (Fsp3) is 0.357. The quantitative estimate of drug-likeness (QED) is 0.870. The van der Waals surface area contributed by atoms with E-state index in [1.807, 2.05) is 0 Å². The van der Waals surface area contributed by atoms with Gasteiger partial charge >= 0.3 is 0 Å². The van der Waals surface area contributed by atoms with Crippen molar-refractivity contribution in [3.63, 3.8) is 0 Å². The summed E-state index contributed by atoms with van der Waals surface area (Å²) in [4.78, 5) is 15.3. The van der Waals surface area contributed by atoms with Crippen LogP contribution in [0.15, 0.2) is 24.7 Å². The Balaban J connectivity index is 2.09. The van der Waals surface area contributed by atoms with E-state index in [-0.39, 0.29) is 0 Å². The predicted octanol–water partition coefficient (Wildman–Crippen LogP) is 2.80. The number of methoxy groups -OCH3 is 1. The SMILES string of the molecule is COc1cc(-c2nccnc2N2CCCC2)c(Cl)cn1. The van der Waals surface area contributed by atoms with E-state index < -0.39 is 0 Å². The maximum Gasteiger partial charge on any atom is 0.213 e. The standard InChI is InChI=1S/C14H15ClN4O/c1-20-12-8-10(11(15)9-18-12)13-14(17-5-4-16-13)19-6-2-3-7-19/h4-5,8-9H,2-3,6-7H2,1H3. The van der Waals surface area contributed by atoms with Gasteiger partial charge in [0, 0.05) is 37.1 Å². The van der Waals surface area contributed by atoms with Crippen LogP contribution in [0.2, 0.25) is 5.02 Å². The van der Waals surface area contributed by atoms with E-state index in [1.54, 1.807) is 31.8 Å². The Hall–Kier alpha value is -1.88. The number of hydrogen-bond acceptors (Lipinski definition) is 5. The third kappa shape index (κ3) is 2.41. The number of aromatic nitrogens is 3. The summed E-state index contributed by atoms with van der Waals surface area (Å²) in [6.45, 7) is 2.01. The Labute approximate surface area is 122 Å². The first-order valence-corrected chi connectivity index (χ1v) is 6.93. The monoisotopic (exact) mass is 290 g/mol. The molecule has 0 saturated carbocycles. The number of hydrogen-bond donors (Lipinski definition) is 0. The number of anilines is 1. The number of pyridine rings is 1. The lowest BCUT2D eigenvalue weighted by atomic mass is 10.2. The third-order valence-electron chi connectivity index (χ3n) is 3.38. The van der Waals surface area contributed by atoms with E-state index in [0.717, 1.165) is 30.2 Å². The summed E-state index contributed by atoms with van der Waals surface area (Å²) in [6, 6.07) is 1.80. The zero-order valence-corrected chi connectivity index (χ0v) is 12.0. The van der Waals surface area contributed by atoms with E-state index in [1.165, 1.54) is 12.8 Å². The fourth-order valence-corrected chi connectivity index (χ4v) is 2.59. The average molecular weight is 291 g/mol. The molecule has 2 aromatic rings. The van der Waals surface area contributed by atoms with E-state index in [4.69, 9.17) is 16.3 Å². The lowest BCUT2D eigenvalue weighted by Crippen LogP contribution is -2.20. The molecule has 1 aliphatic heterocycles. The molecule has 0 atom stereocenters. The van der Waals surface area contributed by atoms with Crippen molar-refractivity contribution in [3.05, 3.63) is 29.7 Å². The molecule has 0 aliphatic carbocycles. The summed E-state index contributed by atoms with van der Waals surface area (Å²) < 4.78 is 5.17. The molecular formula is C14H15ClN4O. The molecule has 0 spiro atoms. The Kier molecular flexibility index (Phi) is 3.69. The van der Waals surface area contributed by atoms with Gasteiger partial charge in [-0.25, -0.2) is 9.97 Å². The minimum Gasteiger partial charge on any atom is -0.481 e. The van der Waals surface area contributed by atoms with Crippen LogP contribution >= 0.6 is 11.6 Å². The van der Waals surface area contributed by atoms with Gasteiger partial charge < -0.3 is 9.64 Å². The van der Waals surface area contributed by atoms with Crippen molar-refractivity contribution in [1.29, 1.82) is 0 Å². The summed E-state index contributed by atoms with van der Waals surface area (Å²) in [5, 5.41) is 0.548. The third-order valence-corrected chi connectivity index (χ3v) is 3.68. The molecule has 3 heterocycles. The highest BCUT2D eigenvalue weighted by Gasteiger charge is 2.20. The van der Waals surface area contributed by atoms with Crippen molar-refractivity contribution < 1.29 is 4.74 Å². The molecule has 2 aromatic heterocycles. The molecule has 1 fully saturated rings. The maximum absolute atomic E-state index is 6.26. The first kappa shape index (κ1) is 13.1. The smallest absolute Gasteiger partial charge is 0.213 e. The van der Waals surface area contributed by atoms with E-state index in [0.29, 0.717) is 10.9 Å². The Morgan fingerprint density at radius 1 is 1.15 bits per heavy atom. The van der Waals surface area contributed by atoms with Crippen LogP contribution in [0.25, 0.3) is 11.3 Å². The van der Waals surface area contributed by atoms with Crippen LogP contribution in [-0.4, -0.2) is 35.2 Å². The van der Waals surface area contributed by atoms with Crippen molar-refractivity contribution >= 4 is 17.4 Å². The Morgan fingerprint density at radius 3 is 2.65 bits per heavy atom. The van der Waals surface area contributed by atoms with Gasteiger partial charge in [0.1, 0.15) is 5.69 Å². The van der Waals surface area contributed by atoms with Gasteiger partial charge in [0.25, 0.3) is 0 Å². The number of halogens is 1. The molecule has 0 aromatic carbocycles. The number of ether oxygens (including phenoxy) is 1. The molecule has 5 nitrogen and oxygen atoms in total. The van der Waals surface area contributed by atoms with Crippen LogP contribution in [0.3, 0.4) is 0 Å². The summed E-state index contributed by atoms with van der Waals surface area (Å²) in [7, 11) is 1.58. The fourth-order valence-electron chi connectivity index (χ4n) is 2.39. The molecule has 0 unspecified atom stereocenters. The predicted molar refractivity (Wildman–Crippen MR) is 78.3 cm³/mol. The molecule has 1 aliphatic rings. The second-order valence-corrected chi connectivity index (χ2v) is 5.04. The average Bonchev–Trinajstić information content (AvgIpc) is 3.02. The molecule has 1 saturated heterocycles. The van der Waals surface area contributed by atoms with Gasteiger partial charge in [-0.3, -0.25) is 4.98 Å². The molecule has 3 rings (SSSR count). The van der Waals surface area contributed by atoms with Crippen LogP contribution in [0.4, 0.5) is 5.82 Å². The van der Waals surface area contributed by atoms with Crippen LogP contribution in [0.5, 0.6) is 5.88 Å². The van der Waals surface area contributed by atoms with Gasteiger partial charge in [-0.2, -0.15) is 0 Å². The van der Waals surface area contributed by atoms with Crippen molar-refractivity contribution in [2.24, 2.45) is 0 Å². The summed E-state index contributed by atoms with van der Waals surface area (Å²) in [5.41, 5.74) is 1.58. The second kappa shape index (κ2) is 5.63. The Bertz CT molecular complexity index is 614. The van der Waals surface area contributed by atoms with Gasteiger partial charge in [-0.15, -0.1) is 0 Å². The zero-order valence-electron chi connectivity index (χ0n) is 11.2. The molecule has 0 N–H and O–H groups in total. The molecular weight excluding hydrogens is 276 g/mol. The van der Waals surface area contributed by atoms with Crippen molar-refractivity contribution in [1.82, 2.24) is 15.0 Å². The van der Waals surface area contributed by atoms with E-state index in [9.17, 15) is 0 Å². The van der Waals surface area contributed by atoms with Crippen molar-refractivity contribution in [3.8, 4) is 17.1 Å². The van der Waals surface area contributed by atoms with Crippen molar-refractivity contribution in [2.75, 3.05) is 25.1 Å². The highest BCUT2D eigenvalue weighted by molar-refractivity contribution is 6.33. The topological polar surface area (TPSA) is 51.1 Å². The lowest BCUT2D eigenvalue weighted by molar-refractivity contribution is 0.398. The number of rotatable bonds is 3. The van der Waals surface area contributed by atoms with Gasteiger partial charge in [0.2, 0.25) is 5.88 Å². The highest BCUT2D eigenvalue weighted by Crippen LogP contribution is 2.34. The molecule has 0 radical (unpaired) electrons. The van der Waals surface area contributed by atoms with E-state index >= 15 is 0 Å². The summed E-state index contributed by atoms with van der Waals surface area (Å²) >= 11 is 6.26. The summed E-state index contributed by atoms with van der Waals surface area (Å²) in [5.74, 6) is 1.39. The zero-order chi connectivity index (χ0) is 13.9. The van der Waals surface area contributed by atoms with Crippen molar-refractivity contribution in [2.45, 2.75) is 12.8 Å². The molecule has 104 valence electrons. The Morgan fingerprint density at radius 2 is 1.90 bits per heavy atom. The van der Waals surface area contributed by atoms with Gasteiger partial charge in [0.05, 0.1) is 18.3 Å². The van der Waals surface area contributed by atoms with Crippen LogP contribution in [0.1, 0.15) is 12.8 Å². The first-order valence-electron chi connectivity index (χ1n) is 6.55. The first-order chi connectivity index (χ1) is 9.79. The van der Waals surface area contributed by atoms with Crippen LogP contribution < -0.4 is 9.64 Å². The molecule has 0 bridgehead atoms. The van der Waals surface area contributed by atoms with E-state index in [2.05, 4.69) is 19.9 Å².